The number of nitrogens with two attached hydrogens (primary N) is 1. The van der Waals surface area contributed by atoms with Crippen molar-refractivity contribution in [2.45, 2.75) is 57.4 Å². The molecule has 0 heterocycles. The Balaban J connectivity index is 1.81. The molecule has 1 aromatic carbocycles. The highest BCUT2D eigenvalue weighted by Crippen LogP contribution is 2.35. The van der Waals surface area contributed by atoms with Crippen LogP contribution < -0.4 is 10.5 Å². The van der Waals surface area contributed by atoms with Crippen molar-refractivity contribution in [1.29, 1.82) is 0 Å². The van der Waals surface area contributed by atoms with Gasteiger partial charge in [0.25, 0.3) is 0 Å². The molecule has 1 aliphatic carbocycles. The summed E-state index contributed by atoms with van der Waals surface area (Å²) in [4.78, 5) is 0. The summed E-state index contributed by atoms with van der Waals surface area (Å²) in [6.45, 7) is 3.07. The number of benzene rings is 1. The second kappa shape index (κ2) is 8.96. The highest BCUT2D eigenvalue weighted by molar-refractivity contribution is 5.64. The van der Waals surface area contributed by atoms with E-state index in [1.54, 1.807) is 0 Å². The molecule has 1 unspecified atom stereocenters. The quantitative estimate of drug-likeness (QED) is 0.645. The molecule has 0 aromatic heterocycles. The third-order valence-corrected chi connectivity index (χ3v) is 4.27. The van der Waals surface area contributed by atoms with Crippen LogP contribution in [0.5, 0.6) is 5.75 Å². The fraction of sp³-hybridized carbons (Fsp3) is 0.579. The first-order valence-corrected chi connectivity index (χ1v) is 8.56. The number of fused-ring (bicyclic) bond motifs is 1. The van der Waals surface area contributed by atoms with Crippen LogP contribution in [0.25, 0.3) is 6.08 Å². The molecule has 1 aromatic rings. The lowest BCUT2D eigenvalue weighted by atomic mass is 9.94. The van der Waals surface area contributed by atoms with E-state index in [2.05, 4.69) is 37.3 Å². The molecule has 3 N–H and O–H groups in total. The van der Waals surface area contributed by atoms with Gasteiger partial charge in [0.05, 0.1) is 13.2 Å². The van der Waals surface area contributed by atoms with Crippen molar-refractivity contribution in [3.05, 3.63) is 35.4 Å². The van der Waals surface area contributed by atoms with Gasteiger partial charge in [-0.1, -0.05) is 50.8 Å². The van der Waals surface area contributed by atoms with Crippen molar-refractivity contribution >= 4 is 6.08 Å². The van der Waals surface area contributed by atoms with Gasteiger partial charge in [-0.15, -0.1) is 0 Å². The van der Waals surface area contributed by atoms with Gasteiger partial charge in [-0.25, -0.2) is 0 Å². The molecule has 2 rings (SSSR count). The zero-order valence-electron chi connectivity index (χ0n) is 13.6. The van der Waals surface area contributed by atoms with Crippen molar-refractivity contribution in [3.8, 4) is 5.75 Å². The van der Waals surface area contributed by atoms with E-state index in [1.807, 2.05) is 0 Å². The number of hydrogen-bond donors (Lipinski definition) is 2. The van der Waals surface area contributed by atoms with Gasteiger partial charge < -0.3 is 15.6 Å². The molecule has 0 saturated carbocycles. The third-order valence-electron chi connectivity index (χ3n) is 4.27. The van der Waals surface area contributed by atoms with Crippen molar-refractivity contribution in [3.63, 3.8) is 0 Å². The molecule has 3 heteroatoms. The molecule has 0 fully saturated rings. The number of rotatable bonds is 10. The molecular formula is C19H29NO2. The molecule has 0 amide bonds. The number of aliphatic hydroxyl groups excluding tert-OH is 1. The molecule has 0 bridgehead atoms. The lowest BCUT2D eigenvalue weighted by molar-refractivity contribution is 0.257. The Morgan fingerprint density at radius 1 is 1.23 bits per heavy atom. The molecule has 22 heavy (non-hydrogen) atoms. The number of hydrogen-bond acceptors (Lipinski definition) is 3. The summed E-state index contributed by atoms with van der Waals surface area (Å²) in [5.41, 5.74) is 8.36. The fourth-order valence-corrected chi connectivity index (χ4v) is 2.95. The number of unbranched alkanes of at least 4 members (excludes halogenated alkanes) is 4. The van der Waals surface area contributed by atoms with Gasteiger partial charge in [0.15, 0.2) is 0 Å². The molecule has 2 atom stereocenters. The topological polar surface area (TPSA) is 55.5 Å². The predicted molar refractivity (Wildman–Crippen MR) is 92.1 cm³/mol. The number of aliphatic hydroxyl groups is 1. The minimum atomic E-state index is -0.153. The summed E-state index contributed by atoms with van der Waals surface area (Å²) in [7, 11) is 0. The first-order valence-electron chi connectivity index (χ1n) is 8.56. The highest BCUT2D eigenvalue weighted by atomic mass is 16.5. The molecule has 0 spiro atoms. The molecule has 1 aliphatic rings. The normalized spacial score (nSPS) is 17.5. The number of allylic oxidation sites excluding steroid dienone is 1. The van der Waals surface area contributed by atoms with E-state index in [1.165, 1.54) is 36.8 Å². The maximum atomic E-state index is 9.09. The van der Waals surface area contributed by atoms with E-state index in [4.69, 9.17) is 15.6 Å². The van der Waals surface area contributed by atoms with Gasteiger partial charge in [-0.05, 0) is 36.1 Å². The molecule has 122 valence electrons. The second-order valence-electron chi connectivity index (χ2n) is 6.20. The van der Waals surface area contributed by atoms with E-state index in [0.717, 1.165) is 25.2 Å². The van der Waals surface area contributed by atoms with Crippen molar-refractivity contribution in [1.82, 2.24) is 0 Å². The molecule has 0 aliphatic heterocycles. The average Bonchev–Trinajstić information content (AvgIpc) is 2.93. The lowest BCUT2D eigenvalue weighted by Gasteiger charge is -2.15. The van der Waals surface area contributed by atoms with E-state index in [0.29, 0.717) is 5.92 Å². The van der Waals surface area contributed by atoms with Gasteiger partial charge in [-0.3, -0.25) is 0 Å². The Kier molecular flexibility index (Phi) is 6.94. The minimum Gasteiger partial charge on any atom is -0.494 e. The first kappa shape index (κ1) is 17.0. The maximum absolute atomic E-state index is 9.09. The summed E-state index contributed by atoms with van der Waals surface area (Å²) in [5, 5.41) is 9.09. The van der Waals surface area contributed by atoms with Gasteiger partial charge in [0.1, 0.15) is 5.75 Å². The smallest absolute Gasteiger partial charge is 0.119 e. The van der Waals surface area contributed by atoms with E-state index in [-0.39, 0.29) is 12.6 Å². The van der Waals surface area contributed by atoms with Crippen LogP contribution in [0.1, 0.15) is 62.5 Å². The van der Waals surface area contributed by atoms with Gasteiger partial charge >= 0.3 is 0 Å². The highest BCUT2D eigenvalue weighted by Gasteiger charge is 2.20. The average molecular weight is 303 g/mol. The Morgan fingerprint density at radius 2 is 2.05 bits per heavy atom. The Morgan fingerprint density at radius 3 is 2.82 bits per heavy atom. The molecule has 0 radical (unpaired) electrons. The van der Waals surface area contributed by atoms with Crippen LogP contribution >= 0.6 is 0 Å². The van der Waals surface area contributed by atoms with Crippen LogP contribution in [-0.4, -0.2) is 24.4 Å². The SMILES string of the molecule is CCCCCCCOc1ccc2c(c1)C=C[C@H]2CC(N)CO. The van der Waals surface area contributed by atoms with Crippen LogP contribution in [0.4, 0.5) is 0 Å². The lowest BCUT2D eigenvalue weighted by Crippen LogP contribution is -2.26. The first-order chi connectivity index (χ1) is 10.7. The standard InChI is InChI=1S/C19H29NO2/c1-2-3-4-5-6-11-22-18-9-10-19-15(12-17(20)14-21)7-8-16(19)13-18/h7-10,13,15,17,21H,2-6,11-12,14,20H2,1H3/t15-,17?/m0/s1. The molecule has 3 nitrogen and oxygen atoms in total. The van der Waals surface area contributed by atoms with Crippen molar-refractivity contribution in [2.24, 2.45) is 5.73 Å². The second-order valence-corrected chi connectivity index (χ2v) is 6.20. The predicted octanol–water partition coefficient (Wildman–Crippen LogP) is 3.86. The summed E-state index contributed by atoms with van der Waals surface area (Å²) in [6.07, 6.45) is 11.4. The van der Waals surface area contributed by atoms with Crippen LogP contribution in [0.15, 0.2) is 24.3 Å². The van der Waals surface area contributed by atoms with Crippen LogP contribution in [0, 0.1) is 0 Å². The van der Waals surface area contributed by atoms with Crippen LogP contribution in [0.3, 0.4) is 0 Å². The Bertz CT molecular complexity index is 484. The van der Waals surface area contributed by atoms with E-state index >= 15 is 0 Å². The zero-order valence-corrected chi connectivity index (χ0v) is 13.6. The Labute approximate surface area is 134 Å². The van der Waals surface area contributed by atoms with Gasteiger partial charge in [0.2, 0.25) is 0 Å². The zero-order chi connectivity index (χ0) is 15.8. The van der Waals surface area contributed by atoms with Crippen LogP contribution in [0.2, 0.25) is 0 Å². The van der Waals surface area contributed by atoms with Gasteiger partial charge in [-0.2, -0.15) is 0 Å². The maximum Gasteiger partial charge on any atom is 0.119 e. The summed E-state index contributed by atoms with van der Waals surface area (Å²) in [6, 6.07) is 6.15. The minimum absolute atomic E-state index is 0.0406. The number of ether oxygens (including phenoxy) is 1. The summed E-state index contributed by atoms with van der Waals surface area (Å²) >= 11 is 0. The largest absolute Gasteiger partial charge is 0.494 e. The third kappa shape index (κ3) is 4.85. The van der Waals surface area contributed by atoms with E-state index < -0.39 is 0 Å². The monoisotopic (exact) mass is 303 g/mol. The molecule has 0 saturated heterocycles. The van der Waals surface area contributed by atoms with Crippen molar-refractivity contribution < 1.29 is 9.84 Å². The summed E-state index contributed by atoms with van der Waals surface area (Å²) < 4.78 is 5.85. The fourth-order valence-electron chi connectivity index (χ4n) is 2.95. The van der Waals surface area contributed by atoms with Crippen molar-refractivity contribution in [2.75, 3.05) is 13.2 Å². The molecular weight excluding hydrogens is 274 g/mol. The van der Waals surface area contributed by atoms with Gasteiger partial charge in [0, 0.05) is 12.0 Å². The van der Waals surface area contributed by atoms with E-state index in [9.17, 15) is 0 Å². The van der Waals surface area contributed by atoms with Crippen LogP contribution in [-0.2, 0) is 0 Å². The Hall–Kier alpha value is -1.32. The summed E-state index contributed by atoms with van der Waals surface area (Å²) in [5.74, 6) is 1.27.